The predicted octanol–water partition coefficient (Wildman–Crippen LogP) is 4.12. The lowest BCUT2D eigenvalue weighted by molar-refractivity contribution is -0.384. The molecular weight excluding hydrogens is 292 g/mol. The first-order valence-electron chi connectivity index (χ1n) is 6.21. The second-order valence-corrected chi connectivity index (χ2v) is 5.08. The normalized spacial score (nSPS) is 10.2. The number of hydrogen-bond acceptors (Lipinski definition) is 3. The number of nitrogens with one attached hydrogen (secondary N) is 1. The Labute approximate surface area is 126 Å². The van der Waals surface area contributed by atoms with Crippen LogP contribution < -0.4 is 5.32 Å². The van der Waals surface area contributed by atoms with E-state index < -0.39 is 4.92 Å². The van der Waals surface area contributed by atoms with E-state index in [9.17, 15) is 14.9 Å². The number of benzene rings is 2. The fourth-order valence-corrected chi connectivity index (χ4v) is 1.97. The lowest BCUT2D eigenvalue weighted by Crippen LogP contribution is -2.13. The zero-order valence-corrected chi connectivity index (χ0v) is 12.3. The van der Waals surface area contributed by atoms with Crippen molar-refractivity contribution in [3.63, 3.8) is 0 Å². The third-order valence-corrected chi connectivity index (χ3v) is 3.52. The Bertz CT molecular complexity index is 729. The molecule has 108 valence electrons. The summed E-state index contributed by atoms with van der Waals surface area (Å²) in [5, 5.41) is 13.9. The van der Waals surface area contributed by atoms with Gasteiger partial charge in [0.2, 0.25) is 0 Å². The monoisotopic (exact) mass is 304 g/mol. The standard InChI is InChI=1S/C15H13ClN2O3/c1-9-3-5-11(7-13(9)16)15(19)17-14-8-12(18(20)21)6-4-10(14)2/h3-8H,1-2H3,(H,17,19). The minimum Gasteiger partial charge on any atom is -0.321 e. The number of anilines is 1. The number of non-ortho nitro benzene ring substituents is 1. The van der Waals surface area contributed by atoms with Crippen molar-refractivity contribution in [3.05, 3.63) is 68.2 Å². The number of amides is 1. The molecule has 0 fully saturated rings. The Morgan fingerprint density at radius 2 is 1.81 bits per heavy atom. The summed E-state index contributed by atoms with van der Waals surface area (Å²) in [5.41, 5.74) is 2.35. The number of nitro benzene ring substituents is 1. The van der Waals surface area contributed by atoms with Gasteiger partial charge in [0.05, 0.1) is 10.6 Å². The van der Waals surface area contributed by atoms with Crippen molar-refractivity contribution in [3.8, 4) is 0 Å². The van der Waals surface area contributed by atoms with Crippen molar-refractivity contribution in [2.75, 3.05) is 5.32 Å². The largest absolute Gasteiger partial charge is 0.321 e. The highest BCUT2D eigenvalue weighted by molar-refractivity contribution is 6.31. The highest BCUT2D eigenvalue weighted by atomic mass is 35.5. The highest BCUT2D eigenvalue weighted by Crippen LogP contribution is 2.23. The first-order valence-corrected chi connectivity index (χ1v) is 6.59. The van der Waals surface area contributed by atoms with Crippen LogP contribution in [0.1, 0.15) is 21.5 Å². The maximum absolute atomic E-state index is 12.2. The molecule has 0 aromatic heterocycles. The van der Waals surface area contributed by atoms with E-state index in [1.165, 1.54) is 12.1 Å². The lowest BCUT2D eigenvalue weighted by Gasteiger charge is -2.09. The van der Waals surface area contributed by atoms with E-state index in [2.05, 4.69) is 5.32 Å². The quantitative estimate of drug-likeness (QED) is 0.685. The number of carbonyl (C=O) groups excluding carboxylic acids is 1. The van der Waals surface area contributed by atoms with E-state index in [1.54, 1.807) is 31.2 Å². The van der Waals surface area contributed by atoms with Crippen molar-refractivity contribution in [1.29, 1.82) is 0 Å². The van der Waals surface area contributed by atoms with E-state index in [-0.39, 0.29) is 11.6 Å². The zero-order valence-electron chi connectivity index (χ0n) is 11.5. The van der Waals surface area contributed by atoms with Gasteiger partial charge in [0, 0.05) is 22.7 Å². The van der Waals surface area contributed by atoms with E-state index in [0.717, 1.165) is 11.1 Å². The number of rotatable bonds is 3. The van der Waals surface area contributed by atoms with E-state index in [4.69, 9.17) is 11.6 Å². The molecule has 0 radical (unpaired) electrons. The molecule has 0 unspecified atom stereocenters. The molecule has 0 aliphatic carbocycles. The SMILES string of the molecule is Cc1ccc(C(=O)Nc2cc([N+](=O)[O-])ccc2C)cc1Cl. The summed E-state index contributed by atoms with van der Waals surface area (Å²) >= 11 is 5.99. The van der Waals surface area contributed by atoms with Crippen molar-refractivity contribution >= 4 is 28.9 Å². The first kappa shape index (κ1) is 15.0. The second-order valence-electron chi connectivity index (χ2n) is 4.67. The van der Waals surface area contributed by atoms with Crippen LogP contribution in [0, 0.1) is 24.0 Å². The average molecular weight is 305 g/mol. The van der Waals surface area contributed by atoms with Gasteiger partial charge in [-0.3, -0.25) is 14.9 Å². The molecule has 0 heterocycles. The number of aryl methyl sites for hydroxylation is 2. The third-order valence-electron chi connectivity index (χ3n) is 3.11. The van der Waals surface area contributed by atoms with Crippen LogP contribution in [0.15, 0.2) is 36.4 Å². The zero-order chi connectivity index (χ0) is 15.6. The molecular formula is C15H13ClN2O3. The molecule has 1 N–H and O–H groups in total. The fraction of sp³-hybridized carbons (Fsp3) is 0.133. The molecule has 6 heteroatoms. The number of carbonyl (C=O) groups is 1. The minimum atomic E-state index is -0.502. The summed E-state index contributed by atoms with van der Waals surface area (Å²) in [7, 11) is 0. The Kier molecular flexibility index (Phi) is 4.23. The maximum Gasteiger partial charge on any atom is 0.271 e. The van der Waals surface area contributed by atoms with Crippen LogP contribution in [0.3, 0.4) is 0 Å². The van der Waals surface area contributed by atoms with Crippen molar-refractivity contribution in [1.82, 2.24) is 0 Å². The molecule has 5 nitrogen and oxygen atoms in total. The van der Waals surface area contributed by atoms with E-state index in [0.29, 0.717) is 16.3 Å². The lowest BCUT2D eigenvalue weighted by atomic mass is 10.1. The van der Waals surface area contributed by atoms with Gasteiger partial charge in [-0.15, -0.1) is 0 Å². The van der Waals surface area contributed by atoms with E-state index >= 15 is 0 Å². The van der Waals surface area contributed by atoms with Gasteiger partial charge < -0.3 is 5.32 Å². The van der Waals surface area contributed by atoms with Gasteiger partial charge in [0.1, 0.15) is 0 Å². The fourth-order valence-electron chi connectivity index (χ4n) is 1.79. The Morgan fingerprint density at radius 3 is 2.43 bits per heavy atom. The predicted molar refractivity (Wildman–Crippen MR) is 82.0 cm³/mol. The van der Waals surface area contributed by atoms with Crippen LogP contribution in [0.5, 0.6) is 0 Å². The smallest absolute Gasteiger partial charge is 0.271 e. The Hall–Kier alpha value is -2.40. The third kappa shape index (κ3) is 3.38. The van der Waals surface area contributed by atoms with Gasteiger partial charge in [0.15, 0.2) is 0 Å². The van der Waals surface area contributed by atoms with Crippen molar-refractivity contribution < 1.29 is 9.72 Å². The van der Waals surface area contributed by atoms with Crippen molar-refractivity contribution in [2.45, 2.75) is 13.8 Å². The van der Waals surface area contributed by atoms with Gasteiger partial charge in [-0.25, -0.2) is 0 Å². The molecule has 0 spiro atoms. The van der Waals surface area contributed by atoms with Crippen LogP contribution in [0.2, 0.25) is 5.02 Å². The van der Waals surface area contributed by atoms with E-state index in [1.807, 2.05) is 6.92 Å². The van der Waals surface area contributed by atoms with Crippen LogP contribution >= 0.6 is 11.6 Å². The maximum atomic E-state index is 12.2. The molecule has 0 saturated carbocycles. The number of nitrogens with zero attached hydrogens (tertiary/aromatic N) is 1. The molecule has 2 aromatic rings. The molecule has 0 atom stereocenters. The average Bonchev–Trinajstić information content (AvgIpc) is 2.43. The molecule has 0 bridgehead atoms. The van der Waals surface area contributed by atoms with Gasteiger partial charge in [-0.1, -0.05) is 23.7 Å². The van der Waals surface area contributed by atoms with Crippen LogP contribution in [0.25, 0.3) is 0 Å². The molecule has 2 aromatic carbocycles. The molecule has 21 heavy (non-hydrogen) atoms. The second kappa shape index (κ2) is 5.93. The Morgan fingerprint density at radius 1 is 1.14 bits per heavy atom. The van der Waals surface area contributed by atoms with Crippen LogP contribution in [-0.4, -0.2) is 10.8 Å². The molecule has 0 saturated heterocycles. The molecule has 2 rings (SSSR count). The summed E-state index contributed by atoms with van der Waals surface area (Å²) in [5.74, 6) is -0.361. The minimum absolute atomic E-state index is 0.0714. The summed E-state index contributed by atoms with van der Waals surface area (Å²) in [6.07, 6.45) is 0. The highest BCUT2D eigenvalue weighted by Gasteiger charge is 2.13. The topological polar surface area (TPSA) is 72.2 Å². The van der Waals surface area contributed by atoms with Gasteiger partial charge in [0.25, 0.3) is 11.6 Å². The van der Waals surface area contributed by atoms with Crippen LogP contribution in [-0.2, 0) is 0 Å². The van der Waals surface area contributed by atoms with Crippen LogP contribution in [0.4, 0.5) is 11.4 Å². The summed E-state index contributed by atoms with van der Waals surface area (Å²) in [6.45, 7) is 3.61. The van der Waals surface area contributed by atoms with Gasteiger partial charge in [-0.05, 0) is 37.1 Å². The molecule has 0 aliphatic heterocycles. The molecule has 1 amide bonds. The number of hydrogen-bond donors (Lipinski definition) is 1. The van der Waals surface area contributed by atoms with Crippen molar-refractivity contribution in [2.24, 2.45) is 0 Å². The Balaban J connectivity index is 2.28. The van der Waals surface area contributed by atoms with Gasteiger partial charge >= 0.3 is 0 Å². The summed E-state index contributed by atoms with van der Waals surface area (Å²) in [4.78, 5) is 22.4. The summed E-state index contributed by atoms with van der Waals surface area (Å²) in [6, 6.07) is 9.30. The first-order chi connectivity index (χ1) is 9.88. The van der Waals surface area contributed by atoms with Gasteiger partial charge in [-0.2, -0.15) is 0 Å². The summed E-state index contributed by atoms with van der Waals surface area (Å²) < 4.78 is 0. The number of halogens is 1. The molecule has 0 aliphatic rings. The number of nitro groups is 1.